The Morgan fingerprint density at radius 2 is 1.95 bits per heavy atom. The van der Waals surface area contributed by atoms with Crippen LogP contribution >= 0.6 is 0 Å². The molecular weight excluding hydrogens is 482 g/mol. The van der Waals surface area contributed by atoms with E-state index in [0.29, 0.717) is 29.6 Å². The number of rotatable bonds is 11. The van der Waals surface area contributed by atoms with Crippen LogP contribution in [0.1, 0.15) is 12.8 Å². The molecule has 2 aromatic carbocycles. The topological polar surface area (TPSA) is 102 Å². The smallest absolute Gasteiger partial charge is 0.294 e. The molecular formula is C28H33N7O3. The van der Waals surface area contributed by atoms with Crippen LogP contribution in [0.4, 0.5) is 23.0 Å². The van der Waals surface area contributed by atoms with Gasteiger partial charge in [-0.05, 0) is 45.0 Å². The maximum absolute atomic E-state index is 12.0. The Bertz CT molecular complexity index is 1460. The first kappa shape index (κ1) is 25.5. The molecule has 0 bridgehead atoms. The highest BCUT2D eigenvalue weighted by Gasteiger charge is 2.24. The molecule has 0 radical (unpaired) electrons. The number of nitrogens with one attached hydrogen (secondary N) is 1. The van der Waals surface area contributed by atoms with Gasteiger partial charge in [-0.25, -0.2) is 9.97 Å². The highest BCUT2D eigenvalue weighted by atomic mass is 16.6. The lowest BCUT2D eigenvalue weighted by molar-refractivity contribution is -0.384. The maximum atomic E-state index is 12.0. The molecule has 1 fully saturated rings. The number of methoxy groups -OCH3 is 1. The van der Waals surface area contributed by atoms with Gasteiger partial charge in [0, 0.05) is 67.7 Å². The third-order valence-electron chi connectivity index (χ3n) is 6.91. The van der Waals surface area contributed by atoms with Gasteiger partial charge in [0.05, 0.1) is 23.4 Å². The van der Waals surface area contributed by atoms with Gasteiger partial charge in [-0.1, -0.05) is 18.2 Å². The molecule has 0 amide bonds. The summed E-state index contributed by atoms with van der Waals surface area (Å²) < 4.78 is 7.92. The molecule has 0 unspecified atom stereocenters. The molecule has 0 atom stereocenters. The first-order valence-electron chi connectivity index (χ1n) is 12.7. The maximum Gasteiger partial charge on any atom is 0.294 e. The number of hydrogen-bond acceptors (Lipinski definition) is 8. The van der Waals surface area contributed by atoms with Crippen LogP contribution in [0.25, 0.3) is 22.2 Å². The van der Waals surface area contributed by atoms with Crippen molar-refractivity contribution >= 4 is 33.9 Å². The second-order valence-corrected chi connectivity index (χ2v) is 10.1. The molecule has 0 spiro atoms. The van der Waals surface area contributed by atoms with E-state index >= 15 is 0 Å². The Kier molecular flexibility index (Phi) is 7.15. The molecule has 1 saturated carbocycles. The normalized spacial score (nSPS) is 13.2. The van der Waals surface area contributed by atoms with E-state index in [4.69, 9.17) is 9.72 Å². The summed E-state index contributed by atoms with van der Waals surface area (Å²) in [5, 5.41) is 16.3. The molecule has 198 valence electrons. The van der Waals surface area contributed by atoms with E-state index in [-0.39, 0.29) is 10.6 Å². The minimum atomic E-state index is -0.377. The molecule has 2 heterocycles. The van der Waals surface area contributed by atoms with E-state index in [9.17, 15) is 10.1 Å². The van der Waals surface area contributed by atoms with E-state index in [1.807, 2.05) is 43.1 Å². The van der Waals surface area contributed by atoms with Crippen molar-refractivity contribution in [1.29, 1.82) is 0 Å². The second-order valence-electron chi connectivity index (χ2n) is 10.1. The summed E-state index contributed by atoms with van der Waals surface area (Å²) in [4.78, 5) is 24.7. The predicted octanol–water partition coefficient (Wildman–Crippen LogP) is 5.17. The van der Waals surface area contributed by atoms with Gasteiger partial charge in [0.25, 0.3) is 5.69 Å². The van der Waals surface area contributed by atoms with Crippen molar-refractivity contribution in [2.45, 2.75) is 19.4 Å². The first-order chi connectivity index (χ1) is 18.3. The largest absolute Gasteiger partial charge is 0.494 e. The van der Waals surface area contributed by atoms with Crippen LogP contribution in [0, 0.1) is 16.0 Å². The summed E-state index contributed by atoms with van der Waals surface area (Å²) in [6.45, 7) is 2.39. The molecule has 5 rings (SSSR count). The van der Waals surface area contributed by atoms with E-state index in [1.165, 1.54) is 24.4 Å². The standard InChI is InChI=1S/C28H33N7O3/c1-32(2)13-14-33(3)25-16-27(38-4)23(15-26(25)35(36)37)31-28-29-12-11-22(30-28)21-18-34(17-19-9-10-19)24-8-6-5-7-20(21)24/h5-8,11-12,15-16,18-19H,9-10,13-14,17H2,1-4H3,(H,29,30,31). The lowest BCUT2D eigenvalue weighted by Crippen LogP contribution is -2.28. The number of aromatic nitrogens is 3. The first-order valence-corrected chi connectivity index (χ1v) is 12.7. The number of hydrogen-bond donors (Lipinski definition) is 1. The van der Waals surface area contributed by atoms with Crippen molar-refractivity contribution < 1.29 is 9.66 Å². The zero-order valence-electron chi connectivity index (χ0n) is 22.2. The zero-order valence-corrected chi connectivity index (χ0v) is 22.2. The number of nitrogens with zero attached hydrogens (tertiary/aromatic N) is 6. The van der Waals surface area contributed by atoms with Crippen LogP contribution in [0.15, 0.2) is 54.9 Å². The molecule has 1 aliphatic rings. The van der Waals surface area contributed by atoms with Gasteiger partial charge < -0.3 is 24.4 Å². The predicted molar refractivity (Wildman–Crippen MR) is 150 cm³/mol. The summed E-state index contributed by atoms with van der Waals surface area (Å²) in [6, 6.07) is 13.4. The van der Waals surface area contributed by atoms with Gasteiger partial charge in [-0.15, -0.1) is 0 Å². The fraction of sp³-hybridized carbons (Fsp3) is 0.357. The van der Waals surface area contributed by atoms with Crippen LogP contribution in [-0.2, 0) is 6.54 Å². The fourth-order valence-corrected chi connectivity index (χ4v) is 4.62. The summed E-state index contributed by atoms with van der Waals surface area (Å²) in [7, 11) is 7.32. The number of ether oxygens (including phenoxy) is 1. The van der Waals surface area contributed by atoms with Crippen LogP contribution in [0.5, 0.6) is 5.75 Å². The Morgan fingerprint density at radius 1 is 1.16 bits per heavy atom. The third kappa shape index (κ3) is 5.40. The summed E-state index contributed by atoms with van der Waals surface area (Å²) in [5.41, 5.74) is 3.89. The molecule has 10 nitrogen and oxygen atoms in total. The Morgan fingerprint density at radius 3 is 2.66 bits per heavy atom. The monoisotopic (exact) mass is 515 g/mol. The highest BCUT2D eigenvalue weighted by Crippen LogP contribution is 2.39. The van der Waals surface area contributed by atoms with Crippen molar-refractivity contribution in [2.24, 2.45) is 5.92 Å². The van der Waals surface area contributed by atoms with Gasteiger partial charge in [-0.2, -0.15) is 0 Å². The molecule has 1 N–H and O–H groups in total. The van der Waals surface area contributed by atoms with E-state index < -0.39 is 0 Å². The number of nitro groups is 1. The van der Waals surface area contributed by atoms with Crippen LogP contribution < -0.4 is 15.0 Å². The number of fused-ring (bicyclic) bond motifs is 1. The van der Waals surface area contributed by atoms with Crippen LogP contribution in [-0.4, -0.2) is 65.7 Å². The molecule has 38 heavy (non-hydrogen) atoms. The fourth-order valence-electron chi connectivity index (χ4n) is 4.62. The van der Waals surface area contributed by atoms with Crippen molar-refractivity contribution in [3.8, 4) is 17.0 Å². The van der Waals surface area contributed by atoms with Crippen molar-refractivity contribution in [3.05, 3.63) is 65.0 Å². The SMILES string of the molecule is COc1cc(N(C)CCN(C)C)c([N+](=O)[O-])cc1Nc1nccc(-c2cn(CC3CC3)c3ccccc23)n1. The van der Waals surface area contributed by atoms with Gasteiger partial charge >= 0.3 is 0 Å². The van der Waals surface area contributed by atoms with Crippen molar-refractivity contribution in [2.75, 3.05) is 51.6 Å². The molecule has 1 aliphatic carbocycles. The van der Waals surface area contributed by atoms with E-state index in [2.05, 4.69) is 39.3 Å². The van der Waals surface area contributed by atoms with Crippen LogP contribution in [0.2, 0.25) is 0 Å². The number of likely N-dealkylation sites (N-methyl/N-ethyl adjacent to an activating group) is 2. The number of anilines is 3. The minimum absolute atomic E-state index is 0.0196. The highest BCUT2D eigenvalue weighted by molar-refractivity contribution is 5.95. The van der Waals surface area contributed by atoms with E-state index in [0.717, 1.165) is 35.7 Å². The number of benzene rings is 2. The molecule has 2 aromatic heterocycles. The van der Waals surface area contributed by atoms with Gasteiger partial charge in [0.15, 0.2) is 0 Å². The summed E-state index contributed by atoms with van der Waals surface area (Å²) >= 11 is 0. The van der Waals surface area contributed by atoms with E-state index in [1.54, 1.807) is 19.4 Å². The second kappa shape index (κ2) is 10.7. The van der Waals surface area contributed by atoms with Crippen molar-refractivity contribution in [3.63, 3.8) is 0 Å². The summed E-state index contributed by atoms with van der Waals surface area (Å²) in [6.07, 6.45) is 6.42. The Hall–Kier alpha value is -4.18. The van der Waals surface area contributed by atoms with Gasteiger partial charge in [-0.3, -0.25) is 10.1 Å². The van der Waals surface area contributed by atoms with Gasteiger partial charge in [0.1, 0.15) is 11.4 Å². The Balaban J connectivity index is 1.48. The zero-order chi connectivity index (χ0) is 26.8. The van der Waals surface area contributed by atoms with Crippen molar-refractivity contribution in [1.82, 2.24) is 19.4 Å². The molecule has 0 saturated heterocycles. The quantitative estimate of drug-likeness (QED) is 0.216. The Labute approximate surface area is 222 Å². The average molecular weight is 516 g/mol. The lowest BCUT2D eigenvalue weighted by Gasteiger charge is -2.22. The van der Waals surface area contributed by atoms with Crippen LogP contribution in [0.3, 0.4) is 0 Å². The third-order valence-corrected chi connectivity index (χ3v) is 6.91. The minimum Gasteiger partial charge on any atom is -0.494 e. The number of para-hydroxylation sites is 1. The number of nitro benzene ring substituents is 1. The lowest BCUT2D eigenvalue weighted by atomic mass is 10.1. The summed E-state index contributed by atoms with van der Waals surface area (Å²) in [5.74, 6) is 1.55. The molecule has 0 aliphatic heterocycles. The van der Waals surface area contributed by atoms with Gasteiger partial charge in [0.2, 0.25) is 5.95 Å². The molecule has 4 aromatic rings. The molecule has 10 heteroatoms. The average Bonchev–Trinajstić information content (AvgIpc) is 3.66.